The third-order valence-corrected chi connectivity index (χ3v) is 5.97. The van der Waals surface area contributed by atoms with Crippen LogP contribution in [0.2, 0.25) is 0 Å². The highest BCUT2D eigenvalue weighted by atomic mass is 32.2. The van der Waals surface area contributed by atoms with Gasteiger partial charge in [-0.15, -0.1) is 0 Å². The Balaban J connectivity index is 1.91. The van der Waals surface area contributed by atoms with E-state index in [-0.39, 0.29) is 17.0 Å². The highest BCUT2D eigenvalue weighted by Crippen LogP contribution is 2.27. The zero-order valence-corrected chi connectivity index (χ0v) is 14.1. The standard InChI is InChI=1S/C16H26N2O3S/c1-12(18-11-16(19)14-5-3-4-6-14)13-7-9-15(10-8-13)22(20,21)17-2/h7-10,12,14,16-19H,3-6,11H2,1-2H3. The quantitative estimate of drug-likeness (QED) is 0.714. The van der Waals surface area contributed by atoms with E-state index in [1.807, 2.05) is 19.1 Å². The van der Waals surface area contributed by atoms with Gasteiger partial charge in [0.2, 0.25) is 10.0 Å². The zero-order chi connectivity index (χ0) is 16.2. The molecular weight excluding hydrogens is 300 g/mol. The molecule has 0 radical (unpaired) electrons. The van der Waals surface area contributed by atoms with Crippen molar-refractivity contribution in [2.24, 2.45) is 5.92 Å². The first-order valence-corrected chi connectivity index (χ1v) is 9.37. The van der Waals surface area contributed by atoms with Crippen molar-refractivity contribution in [3.05, 3.63) is 29.8 Å². The lowest BCUT2D eigenvalue weighted by Crippen LogP contribution is -2.33. The van der Waals surface area contributed by atoms with E-state index in [9.17, 15) is 13.5 Å². The Hall–Kier alpha value is -0.950. The van der Waals surface area contributed by atoms with Crippen molar-refractivity contribution in [1.82, 2.24) is 10.0 Å². The smallest absolute Gasteiger partial charge is 0.240 e. The van der Waals surface area contributed by atoms with Crippen LogP contribution >= 0.6 is 0 Å². The van der Waals surface area contributed by atoms with Crippen molar-refractivity contribution in [2.75, 3.05) is 13.6 Å². The van der Waals surface area contributed by atoms with Crippen molar-refractivity contribution in [3.8, 4) is 0 Å². The third kappa shape index (κ3) is 4.29. The molecule has 0 amide bonds. The number of benzene rings is 1. The Kier molecular flexibility index (Phi) is 5.97. The molecule has 1 aromatic rings. The molecule has 2 rings (SSSR count). The summed E-state index contributed by atoms with van der Waals surface area (Å²) in [5.41, 5.74) is 1.01. The van der Waals surface area contributed by atoms with Crippen LogP contribution in [0.1, 0.15) is 44.2 Å². The number of rotatable bonds is 7. The lowest BCUT2D eigenvalue weighted by molar-refractivity contribution is 0.106. The summed E-state index contributed by atoms with van der Waals surface area (Å²) in [5, 5.41) is 13.5. The third-order valence-electron chi connectivity index (χ3n) is 4.54. The number of sulfonamides is 1. The van der Waals surface area contributed by atoms with Crippen LogP contribution in [0.4, 0.5) is 0 Å². The Morgan fingerprint density at radius 2 is 1.82 bits per heavy atom. The van der Waals surface area contributed by atoms with Gasteiger partial charge in [0.15, 0.2) is 0 Å². The molecule has 0 aliphatic heterocycles. The van der Waals surface area contributed by atoms with Gasteiger partial charge in [0.05, 0.1) is 11.0 Å². The normalized spacial score (nSPS) is 19.2. The number of nitrogens with one attached hydrogen (secondary N) is 2. The fraction of sp³-hybridized carbons (Fsp3) is 0.625. The van der Waals surface area contributed by atoms with Crippen molar-refractivity contribution in [3.63, 3.8) is 0 Å². The molecule has 0 aromatic heterocycles. The second kappa shape index (κ2) is 7.55. The largest absolute Gasteiger partial charge is 0.392 e. The van der Waals surface area contributed by atoms with Gasteiger partial charge < -0.3 is 10.4 Å². The highest BCUT2D eigenvalue weighted by Gasteiger charge is 2.23. The second-order valence-electron chi connectivity index (χ2n) is 6.02. The topological polar surface area (TPSA) is 78.4 Å². The van der Waals surface area contributed by atoms with Gasteiger partial charge >= 0.3 is 0 Å². The van der Waals surface area contributed by atoms with Crippen LogP contribution in [-0.4, -0.2) is 33.2 Å². The van der Waals surface area contributed by atoms with Crippen LogP contribution in [-0.2, 0) is 10.0 Å². The predicted molar refractivity (Wildman–Crippen MR) is 87.1 cm³/mol. The molecule has 0 saturated heterocycles. The lowest BCUT2D eigenvalue weighted by Gasteiger charge is -2.21. The van der Waals surface area contributed by atoms with Crippen LogP contribution in [0.5, 0.6) is 0 Å². The molecule has 1 saturated carbocycles. The van der Waals surface area contributed by atoms with E-state index in [0.717, 1.165) is 18.4 Å². The molecule has 1 aromatic carbocycles. The summed E-state index contributed by atoms with van der Waals surface area (Å²) >= 11 is 0. The minimum Gasteiger partial charge on any atom is -0.392 e. The molecule has 6 heteroatoms. The Morgan fingerprint density at radius 1 is 1.23 bits per heavy atom. The summed E-state index contributed by atoms with van der Waals surface area (Å²) in [6.07, 6.45) is 4.38. The Labute approximate surface area is 133 Å². The average Bonchev–Trinajstić information content (AvgIpc) is 3.07. The Bertz CT molecular complexity index is 566. The minimum absolute atomic E-state index is 0.0717. The lowest BCUT2D eigenvalue weighted by atomic mass is 10.0. The fourth-order valence-electron chi connectivity index (χ4n) is 2.98. The highest BCUT2D eigenvalue weighted by molar-refractivity contribution is 7.89. The van der Waals surface area contributed by atoms with Gasteiger partial charge in [-0.1, -0.05) is 25.0 Å². The summed E-state index contributed by atoms with van der Waals surface area (Å²) in [4.78, 5) is 0.261. The molecule has 0 heterocycles. The predicted octanol–water partition coefficient (Wildman–Crippen LogP) is 1.80. The van der Waals surface area contributed by atoms with Gasteiger partial charge in [0.1, 0.15) is 0 Å². The molecular formula is C16H26N2O3S. The maximum Gasteiger partial charge on any atom is 0.240 e. The van der Waals surface area contributed by atoms with Crippen LogP contribution in [0.3, 0.4) is 0 Å². The van der Waals surface area contributed by atoms with E-state index >= 15 is 0 Å². The van der Waals surface area contributed by atoms with Gasteiger partial charge in [-0.25, -0.2) is 13.1 Å². The fourth-order valence-corrected chi connectivity index (χ4v) is 3.71. The first-order valence-electron chi connectivity index (χ1n) is 7.89. The number of hydrogen-bond acceptors (Lipinski definition) is 4. The molecule has 0 spiro atoms. The van der Waals surface area contributed by atoms with Crippen LogP contribution < -0.4 is 10.0 Å². The molecule has 124 valence electrons. The molecule has 2 atom stereocenters. The molecule has 3 N–H and O–H groups in total. The van der Waals surface area contributed by atoms with Crippen molar-refractivity contribution in [1.29, 1.82) is 0 Å². The number of aliphatic hydroxyl groups is 1. The first-order chi connectivity index (χ1) is 10.4. The monoisotopic (exact) mass is 326 g/mol. The summed E-state index contributed by atoms with van der Waals surface area (Å²) < 4.78 is 25.7. The second-order valence-corrected chi connectivity index (χ2v) is 7.90. The molecule has 0 bridgehead atoms. The van der Waals surface area contributed by atoms with E-state index in [4.69, 9.17) is 0 Å². The Morgan fingerprint density at radius 3 is 2.36 bits per heavy atom. The van der Waals surface area contributed by atoms with Crippen LogP contribution in [0.25, 0.3) is 0 Å². The summed E-state index contributed by atoms with van der Waals surface area (Å²) in [6, 6.07) is 6.90. The average molecular weight is 326 g/mol. The van der Waals surface area contributed by atoms with E-state index in [1.54, 1.807) is 12.1 Å². The first kappa shape index (κ1) is 17.4. The van der Waals surface area contributed by atoms with Gasteiger partial charge in [-0.05, 0) is 50.4 Å². The van der Waals surface area contributed by atoms with E-state index in [1.165, 1.54) is 19.9 Å². The van der Waals surface area contributed by atoms with E-state index in [0.29, 0.717) is 12.5 Å². The maximum absolute atomic E-state index is 11.7. The molecule has 1 fully saturated rings. The molecule has 1 aliphatic carbocycles. The summed E-state index contributed by atoms with van der Waals surface area (Å²) in [6.45, 7) is 2.59. The van der Waals surface area contributed by atoms with Crippen molar-refractivity contribution in [2.45, 2.75) is 49.6 Å². The zero-order valence-electron chi connectivity index (χ0n) is 13.2. The minimum atomic E-state index is -3.39. The van der Waals surface area contributed by atoms with Crippen LogP contribution in [0, 0.1) is 5.92 Å². The number of hydrogen-bond donors (Lipinski definition) is 3. The van der Waals surface area contributed by atoms with E-state index < -0.39 is 10.0 Å². The van der Waals surface area contributed by atoms with Gasteiger partial charge in [0, 0.05) is 12.6 Å². The molecule has 2 unspecified atom stereocenters. The molecule has 5 nitrogen and oxygen atoms in total. The maximum atomic E-state index is 11.7. The van der Waals surface area contributed by atoms with Gasteiger partial charge in [0.25, 0.3) is 0 Å². The van der Waals surface area contributed by atoms with Gasteiger partial charge in [-0.3, -0.25) is 0 Å². The van der Waals surface area contributed by atoms with Crippen LogP contribution in [0.15, 0.2) is 29.2 Å². The van der Waals surface area contributed by atoms with Crippen molar-refractivity contribution < 1.29 is 13.5 Å². The molecule has 1 aliphatic rings. The van der Waals surface area contributed by atoms with Crippen molar-refractivity contribution >= 4 is 10.0 Å². The molecule has 22 heavy (non-hydrogen) atoms. The van der Waals surface area contributed by atoms with E-state index in [2.05, 4.69) is 10.0 Å². The summed E-state index contributed by atoms with van der Waals surface area (Å²) in [5.74, 6) is 0.419. The summed E-state index contributed by atoms with van der Waals surface area (Å²) in [7, 11) is -1.99. The van der Waals surface area contributed by atoms with Gasteiger partial charge in [-0.2, -0.15) is 0 Å². The number of aliphatic hydroxyl groups excluding tert-OH is 1. The SMILES string of the molecule is CNS(=O)(=O)c1ccc(C(C)NCC(O)C2CCCC2)cc1.